The van der Waals surface area contributed by atoms with E-state index in [2.05, 4.69) is 20.0 Å². The summed E-state index contributed by atoms with van der Waals surface area (Å²) in [5, 5.41) is 8.43. The zero-order chi connectivity index (χ0) is 33.3. The molecular formula is C35H37F2N7O4. The number of anilines is 2. The highest BCUT2D eigenvalue weighted by Crippen LogP contribution is 2.38. The Bertz CT molecular complexity index is 1890. The third kappa shape index (κ3) is 6.43. The number of ether oxygens (including phenoxy) is 3. The van der Waals surface area contributed by atoms with Crippen LogP contribution in [0.25, 0.3) is 5.69 Å². The van der Waals surface area contributed by atoms with Crippen molar-refractivity contribution in [3.05, 3.63) is 119 Å². The first-order chi connectivity index (χ1) is 23.3. The Labute approximate surface area is 276 Å². The van der Waals surface area contributed by atoms with Crippen LogP contribution in [0.4, 0.5) is 20.2 Å². The van der Waals surface area contributed by atoms with E-state index < -0.39 is 23.5 Å². The van der Waals surface area contributed by atoms with Gasteiger partial charge in [0, 0.05) is 61.6 Å². The molecule has 7 rings (SSSR count). The number of halogens is 2. The monoisotopic (exact) mass is 657 g/mol. The highest BCUT2D eigenvalue weighted by Gasteiger charge is 2.46. The molecule has 0 aliphatic carbocycles. The second kappa shape index (κ2) is 13.2. The molecule has 11 nitrogen and oxygen atoms in total. The molecule has 0 bridgehead atoms. The number of aromatic nitrogens is 5. The van der Waals surface area contributed by atoms with E-state index in [1.807, 2.05) is 62.4 Å². The van der Waals surface area contributed by atoms with Crippen LogP contribution in [0.3, 0.4) is 0 Å². The molecule has 2 aromatic heterocycles. The van der Waals surface area contributed by atoms with Crippen LogP contribution >= 0.6 is 0 Å². The van der Waals surface area contributed by atoms with Crippen LogP contribution in [0.1, 0.15) is 25.5 Å². The standard InChI is InChI=1S/C35H37F2N7O4/c1-25(2)44-34(45)43(24-39-44)29-7-5-27(6-8-29)40-16-18-41(19-17-40)28-9-11-30(12-10-28)46-21-31-22-47-35(48-31,23-42-15-3-14-38-42)32-13-4-26(36)20-33(32)37/h3-15,20,24-25,31H,16-19,21-23H2,1-2H3. The molecule has 0 N–H and O–H groups in total. The zero-order valence-electron chi connectivity index (χ0n) is 26.8. The highest BCUT2D eigenvalue weighted by atomic mass is 19.1. The van der Waals surface area contributed by atoms with Crippen molar-refractivity contribution in [1.82, 2.24) is 24.1 Å². The van der Waals surface area contributed by atoms with Crippen LogP contribution in [-0.2, 0) is 21.8 Å². The van der Waals surface area contributed by atoms with Crippen molar-refractivity contribution in [1.29, 1.82) is 0 Å². The first-order valence-electron chi connectivity index (χ1n) is 16.0. The molecule has 2 unspecified atom stereocenters. The third-order valence-corrected chi connectivity index (χ3v) is 8.72. The van der Waals surface area contributed by atoms with Crippen LogP contribution in [0.5, 0.6) is 5.75 Å². The van der Waals surface area contributed by atoms with Gasteiger partial charge in [-0.3, -0.25) is 4.68 Å². The summed E-state index contributed by atoms with van der Waals surface area (Å²) in [6.07, 6.45) is 4.43. The predicted molar refractivity (Wildman–Crippen MR) is 176 cm³/mol. The van der Waals surface area contributed by atoms with Crippen LogP contribution in [-0.4, -0.2) is 69.6 Å². The molecule has 3 aromatic carbocycles. The number of piperazine rings is 1. The summed E-state index contributed by atoms with van der Waals surface area (Å²) >= 11 is 0. The average molecular weight is 658 g/mol. The van der Waals surface area contributed by atoms with Gasteiger partial charge in [0.1, 0.15) is 36.4 Å². The molecule has 2 atom stereocenters. The average Bonchev–Trinajstić information content (AvgIpc) is 3.85. The van der Waals surface area contributed by atoms with Gasteiger partial charge in [-0.1, -0.05) is 0 Å². The van der Waals surface area contributed by atoms with Gasteiger partial charge in [0.05, 0.1) is 24.9 Å². The fourth-order valence-corrected chi connectivity index (χ4v) is 6.20. The summed E-state index contributed by atoms with van der Waals surface area (Å²) < 4.78 is 51.5. The minimum Gasteiger partial charge on any atom is -0.491 e. The van der Waals surface area contributed by atoms with Crippen LogP contribution < -0.4 is 20.2 Å². The van der Waals surface area contributed by atoms with E-state index in [4.69, 9.17) is 14.2 Å². The van der Waals surface area contributed by atoms with Gasteiger partial charge >= 0.3 is 5.69 Å². The third-order valence-electron chi connectivity index (χ3n) is 8.72. The predicted octanol–water partition coefficient (Wildman–Crippen LogP) is 4.76. The molecule has 4 heterocycles. The van der Waals surface area contributed by atoms with E-state index in [0.717, 1.165) is 49.3 Å². The van der Waals surface area contributed by atoms with Gasteiger partial charge in [0.2, 0.25) is 5.79 Å². The normalized spacial score (nSPS) is 19.7. The number of rotatable bonds is 10. The van der Waals surface area contributed by atoms with Gasteiger partial charge in [-0.2, -0.15) is 10.2 Å². The molecule has 0 amide bonds. The maximum atomic E-state index is 14.9. The van der Waals surface area contributed by atoms with Gasteiger partial charge in [0.25, 0.3) is 0 Å². The van der Waals surface area contributed by atoms with Crippen molar-refractivity contribution >= 4 is 11.4 Å². The van der Waals surface area contributed by atoms with E-state index in [-0.39, 0.29) is 37.1 Å². The smallest absolute Gasteiger partial charge is 0.350 e. The Hall–Kier alpha value is -5.01. The van der Waals surface area contributed by atoms with Crippen molar-refractivity contribution in [3.8, 4) is 11.4 Å². The van der Waals surface area contributed by atoms with Crippen molar-refractivity contribution in [3.63, 3.8) is 0 Å². The maximum Gasteiger partial charge on any atom is 0.350 e. The fraction of sp³-hybridized carbons (Fsp3) is 0.343. The van der Waals surface area contributed by atoms with Crippen molar-refractivity contribution < 1.29 is 23.0 Å². The lowest BCUT2D eigenvalue weighted by Gasteiger charge is -2.37. The van der Waals surface area contributed by atoms with Crippen molar-refractivity contribution in [2.45, 2.75) is 38.3 Å². The number of hydrogen-bond acceptors (Lipinski definition) is 8. The lowest BCUT2D eigenvalue weighted by molar-refractivity contribution is -0.192. The van der Waals surface area contributed by atoms with Gasteiger partial charge < -0.3 is 24.0 Å². The molecule has 0 spiro atoms. The van der Waals surface area contributed by atoms with Crippen molar-refractivity contribution in [2.75, 3.05) is 49.2 Å². The molecule has 0 saturated carbocycles. The second-order valence-corrected chi connectivity index (χ2v) is 12.2. The highest BCUT2D eigenvalue weighted by molar-refractivity contribution is 5.54. The summed E-state index contributed by atoms with van der Waals surface area (Å²) in [5.74, 6) is -2.22. The van der Waals surface area contributed by atoms with Gasteiger partial charge in [-0.05, 0) is 80.6 Å². The minimum atomic E-state index is -1.47. The first-order valence-corrected chi connectivity index (χ1v) is 16.0. The molecule has 0 radical (unpaired) electrons. The van der Waals surface area contributed by atoms with Crippen molar-refractivity contribution in [2.24, 2.45) is 0 Å². The molecule has 2 aliphatic rings. The molecule has 250 valence electrons. The van der Waals surface area contributed by atoms with E-state index in [0.29, 0.717) is 5.75 Å². The van der Waals surface area contributed by atoms with E-state index in [9.17, 15) is 13.6 Å². The first kappa shape index (κ1) is 31.6. The van der Waals surface area contributed by atoms with Crippen LogP contribution in [0, 0.1) is 11.6 Å². The van der Waals surface area contributed by atoms with E-state index in [1.165, 1.54) is 16.8 Å². The molecule has 13 heteroatoms. The Morgan fingerprint density at radius 2 is 1.58 bits per heavy atom. The molecule has 2 aliphatic heterocycles. The number of nitrogens with zero attached hydrogens (tertiary/aromatic N) is 7. The summed E-state index contributed by atoms with van der Waals surface area (Å²) in [6, 6.07) is 21.1. The maximum absolute atomic E-state index is 14.9. The second-order valence-electron chi connectivity index (χ2n) is 12.2. The number of benzene rings is 3. The molecule has 5 aromatic rings. The summed E-state index contributed by atoms with van der Waals surface area (Å²) in [7, 11) is 0. The van der Waals surface area contributed by atoms with Crippen LogP contribution in [0.15, 0.2) is 96.3 Å². The van der Waals surface area contributed by atoms with Crippen LogP contribution in [0.2, 0.25) is 0 Å². The lowest BCUT2D eigenvalue weighted by Crippen LogP contribution is -2.46. The fourth-order valence-electron chi connectivity index (χ4n) is 6.20. The van der Waals surface area contributed by atoms with Gasteiger partial charge in [-0.25, -0.2) is 22.8 Å². The Balaban J connectivity index is 0.929. The Morgan fingerprint density at radius 1 is 0.917 bits per heavy atom. The van der Waals surface area contributed by atoms with E-state index >= 15 is 0 Å². The largest absolute Gasteiger partial charge is 0.491 e. The molecular weight excluding hydrogens is 620 g/mol. The SMILES string of the molecule is CC(C)n1ncn(-c2ccc(N3CCN(c4ccc(OCC5COC(Cn6cccn6)(c6ccc(F)cc6F)O5)cc4)CC3)cc2)c1=O. The minimum absolute atomic E-state index is 0.00265. The molecule has 2 saturated heterocycles. The Morgan fingerprint density at radius 3 is 2.19 bits per heavy atom. The molecule has 2 fully saturated rings. The summed E-state index contributed by atoms with van der Waals surface area (Å²) in [5.41, 5.74) is 2.96. The molecule has 48 heavy (non-hydrogen) atoms. The zero-order valence-corrected chi connectivity index (χ0v) is 26.8. The lowest BCUT2D eigenvalue weighted by atomic mass is 10.0. The summed E-state index contributed by atoms with van der Waals surface area (Å²) in [6.45, 7) is 7.75. The number of hydrogen-bond donors (Lipinski definition) is 0. The topological polar surface area (TPSA) is 91.8 Å². The van der Waals surface area contributed by atoms with Gasteiger partial charge in [-0.15, -0.1) is 0 Å². The quantitative estimate of drug-likeness (QED) is 0.212. The van der Waals surface area contributed by atoms with Gasteiger partial charge in [0.15, 0.2) is 0 Å². The van der Waals surface area contributed by atoms with E-state index in [1.54, 1.807) is 34.0 Å². The summed E-state index contributed by atoms with van der Waals surface area (Å²) in [4.78, 5) is 17.3. The Kier molecular flexibility index (Phi) is 8.71.